The fourth-order valence-corrected chi connectivity index (χ4v) is 5.63. The van der Waals surface area contributed by atoms with E-state index in [0.717, 1.165) is 39.7 Å². The molecule has 1 N–H and O–H groups in total. The van der Waals surface area contributed by atoms with Crippen LogP contribution >= 0.6 is 0 Å². The minimum atomic E-state index is -0.322. The number of hydrogen-bond acceptors (Lipinski definition) is 5. The van der Waals surface area contributed by atoms with Crippen molar-refractivity contribution in [2.45, 2.75) is 32.7 Å². The first-order valence-corrected chi connectivity index (χ1v) is 13.8. The van der Waals surface area contributed by atoms with Gasteiger partial charge in [-0.25, -0.2) is 19.1 Å². The van der Waals surface area contributed by atoms with Crippen LogP contribution in [0.3, 0.4) is 0 Å². The first-order chi connectivity index (χ1) is 20.0. The Morgan fingerprint density at radius 2 is 1.59 bits per heavy atom. The molecule has 0 aliphatic carbocycles. The Balaban J connectivity index is 1.48. The molecule has 0 bridgehead atoms. The molecule has 6 nitrogen and oxygen atoms in total. The fraction of sp³-hybridized carbons (Fsp3) is 0.147. The molecular formula is C34H29FN6. The fourth-order valence-electron chi connectivity index (χ4n) is 5.63. The number of fused-ring (bicyclic) bond motifs is 4. The van der Waals surface area contributed by atoms with Crippen LogP contribution in [0.5, 0.6) is 0 Å². The zero-order valence-corrected chi connectivity index (χ0v) is 23.1. The summed E-state index contributed by atoms with van der Waals surface area (Å²) in [6, 6.07) is 33.1. The third-order valence-corrected chi connectivity index (χ3v) is 7.65. The second-order valence-corrected chi connectivity index (χ2v) is 10.7. The van der Waals surface area contributed by atoms with E-state index in [4.69, 9.17) is 15.1 Å². The van der Waals surface area contributed by atoms with Gasteiger partial charge < -0.3 is 10.2 Å². The van der Waals surface area contributed by atoms with E-state index in [9.17, 15) is 4.39 Å². The second-order valence-electron chi connectivity index (χ2n) is 10.7. The summed E-state index contributed by atoms with van der Waals surface area (Å²) in [5.41, 5.74) is 7.64. The maximum Gasteiger partial charge on any atom is 0.179 e. The highest BCUT2D eigenvalue weighted by molar-refractivity contribution is 6.51. The summed E-state index contributed by atoms with van der Waals surface area (Å²) in [5, 5.41) is 8.35. The monoisotopic (exact) mass is 540 g/mol. The molecule has 2 aliphatic heterocycles. The van der Waals surface area contributed by atoms with Crippen molar-refractivity contribution in [2.75, 3.05) is 10.2 Å². The molecule has 0 unspecified atom stereocenters. The lowest BCUT2D eigenvalue weighted by atomic mass is 9.91. The summed E-state index contributed by atoms with van der Waals surface area (Å²) < 4.78 is 16.1. The minimum absolute atomic E-state index is 0.211. The number of halogens is 1. The molecule has 7 rings (SSSR count). The Labute approximate surface area is 238 Å². The van der Waals surface area contributed by atoms with Gasteiger partial charge in [0.15, 0.2) is 17.5 Å². The number of amidine groups is 2. The SMILES string of the molecule is Cc1nn(-c2ccccc2)c2c1[C@@H](c1ccc(C(C)C)cc1)N1C(=N2)C(Nc2cccc(F)c2)=Nc2ccccc21. The number of hydrogen-bond donors (Lipinski definition) is 1. The van der Waals surface area contributed by atoms with E-state index in [0.29, 0.717) is 23.3 Å². The van der Waals surface area contributed by atoms with Crippen LogP contribution in [0.25, 0.3) is 5.69 Å². The van der Waals surface area contributed by atoms with Crippen molar-refractivity contribution in [3.8, 4) is 5.69 Å². The summed E-state index contributed by atoms with van der Waals surface area (Å²) in [7, 11) is 0. The maximum atomic E-state index is 14.2. The van der Waals surface area contributed by atoms with Gasteiger partial charge in [0, 0.05) is 11.3 Å². The van der Waals surface area contributed by atoms with Gasteiger partial charge in [0.1, 0.15) is 5.82 Å². The van der Waals surface area contributed by atoms with Gasteiger partial charge in [0.05, 0.1) is 28.8 Å². The summed E-state index contributed by atoms with van der Waals surface area (Å²) >= 11 is 0. The van der Waals surface area contributed by atoms with Crippen LogP contribution in [0, 0.1) is 12.7 Å². The number of nitrogens with zero attached hydrogens (tertiary/aromatic N) is 5. The summed E-state index contributed by atoms with van der Waals surface area (Å²) in [5.74, 6) is 2.05. The molecule has 0 fully saturated rings. The molecule has 0 spiro atoms. The first kappa shape index (κ1) is 25.0. The van der Waals surface area contributed by atoms with Crippen molar-refractivity contribution < 1.29 is 4.39 Å². The topological polar surface area (TPSA) is 57.8 Å². The average molecular weight is 541 g/mol. The van der Waals surface area contributed by atoms with E-state index >= 15 is 0 Å². The molecule has 1 atom stereocenters. The lowest BCUT2D eigenvalue weighted by Gasteiger charge is -2.40. The number of aliphatic imine (C=N–C) groups is 2. The van der Waals surface area contributed by atoms with Gasteiger partial charge >= 0.3 is 0 Å². The summed E-state index contributed by atoms with van der Waals surface area (Å²) in [6.45, 7) is 6.45. The zero-order chi connectivity index (χ0) is 28.1. The third kappa shape index (κ3) is 4.30. The van der Waals surface area contributed by atoms with Gasteiger partial charge in [-0.1, -0.05) is 74.5 Å². The highest BCUT2D eigenvalue weighted by atomic mass is 19.1. The summed E-state index contributed by atoms with van der Waals surface area (Å²) in [6.07, 6.45) is 0. The predicted molar refractivity (Wildman–Crippen MR) is 164 cm³/mol. The molecule has 202 valence electrons. The molecule has 0 amide bonds. The van der Waals surface area contributed by atoms with Gasteiger partial charge in [0.2, 0.25) is 0 Å². The predicted octanol–water partition coefficient (Wildman–Crippen LogP) is 8.24. The Hall–Kier alpha value is -5.04. The average Bonchev–Trinajstić information content (AvgIpc) is 3.32. The Bertz CT molecular complexity index is 1820. The molecule has 3 heterocycles. The molecular weight excluding hydrogens is 511 g/mol. The lowest BCUT2D eigenvalue weighted by molar-refractivity contribution is 0.628. The molecule has 0 saturated heterocycles. The van der Waals surface area contributed by atoms with E-state index in [2.05, 4.69) is 54.4 Å². The van der Waals surface area contributed by atoms with Gasteiger partial charge in [-0.2, -0.15) is 5.10 Å². The van der Waals surface area contributed by atoms with Crippen molar-refractivity contribution in [1.82, 2.24) is 9.78 Å². The van der Waals surface area contributed by atoms with Crippen LogP contribution in [0.2, 0.25) is 0 Å². The molecule has 7 heteroatoms. The maximum absolute atomic E-state index is 14.2. The second kappa shape index (κ2) is 9.86. The van der Waals surface area contributed by atoms with Gasteiger partial charge in [-0.15, -0.1) is 0 Å². The minimum Gasteiger partial charge on any atom is -0.337 e. The van der Waals surface area contributed by atoms with Crippen molar-refractivity contribution in [3.05, 3.63) is 131 Å². The third-order valence-electron chi connectivity index (χ3n) is 7.65. The van der Waals surface area contributed by atoms with Crippen LogP contribution < -0.4 is 10.2 Å². The number of aromatic nitrogens is 2. The van der Waals surface area contributed by atoms with Crippen LogP contribution in [0.15, 0.2) is 113 Å². The van der Waals surface area contributed by atoms with Crippen molar-refractivity contribution >= 4 is 34.6 Å². The van der Waals surface area contributed by atoms with Gasteiger partial charge in [-0.3, -0.25) is 0 Å². The molecule has 0 radical (unpaired) electrons. The number of benzene rings is 4. The van der Waals surface area contributed by atoms with E-state index < -0.39 is 0 Å². The number of para-hydroxylation sites is 3. The molecule has 2 aliphatic rings. The highest BCUT2D eigenvalue weighted by Gasteiger charge is 2.41. The number of aryl methyl sites for hydroxylation is 1. The lowest BCUT2D eigenvalue weighted by Crippen LogP contribution is -2.46. The van der Waals surface area contributed by atoms with Crippen LogP contribution in [-0.2, 0) is 0 Å². The van der Waals surface area contributed by atoms with E-state index in [1.807, 2.05) is 66.2 Å². The van der Waals surface area contributed by atoms with Crippen LogP contribution in [-0.4, -0.2) is 21.5 Å². The molecule has 5 aromatic rings. The number of anilines is 2. The van der Waals surface area contributed by atoms with Crippen molar-refractivity contribution in [2.24, 2.45) is 9.98 Å². The van der Waals surface area contributed by atoms with E-state index in [1.54, 1.807) is 6.07 Å². The first-order valence-electron chi connectivity index (χ1n) is 13.8. The Morgan fingerprint density at radius 1 is 0.829 bits per heavy atom. The van der Waals surface area contributed by atoms with Crippen LogP contribution in [0.4, 0.5) is 27.3 Å². The molecule has 41 heavy (non-hydrogen) atoms. The quantitative estimate of drug-likeness (QED) is 0.250. The van der Waals surface area contributed by atoms with Gasteiger partial charge in [-0.05, 0) is 66.4 Å². The van der Waals surface area contributed by atoms with Crippen LogP contribution in [0.1, 0.15) is 48.2 Å². The summed E-state index contributed by atoms with van der Waals surface area (Å²) in [4.78, 5) is 12.5. The molecule has 1 aromatic heterocycles. The number of rotatable bonds is 4. The van der Waals surface area contributed by atoms with Crippen molar-refractivity contribution in [1.29, 1.82) is 0 Å². The normalized spacial score (nSPS) is 15.5. The van der Waals surface area contributed by atoms with Gasteiger partial charge in [0.25, 0.3) is 0 Å². The van der Waals surface area contributed by atoms with E-state index in [-0.39, 0.29) is 11.9 Å². The largest absolute Gasteiger partial charge is 0.337 e. The highest BCUT2D eigenvalue weighted by Crippen LogP contribution is 2.48. The Kier molecular flexibility index (Phi) is 6.00. The van der Waals surface area contributed by atoms with E-state index in [1.165, 1.54) is 17.7 Å². The smallest absolute Gasteiger partial charge is 0.179 e. The standard InChI is InChI=1S/C34H29FN6/c1-21(2)23-16-18-24(19-17-23)31-30-22(3)39-41(27-12-5-4-6-13-27)33(30)38-34-32(36-26-11-9-10-25(35)20-26)37-28-14-7-8-15-29(28)40(31)34/h4-21,31H,1-3H3,(H,36,37)/t31-/m1/s1. The zero-order valence-electron chi connectivity index (χ0n) is 23.1. The van der Waals surface area contributed by atoms with Crippen molar-refractivity contribution in [3.63, 3.8) is 0 Å². The molecule has 0 saturated carbocycles. The Morgan fingerprint density at radius 3 is 2.34 bits per heavy atom. The molecule has 4 aromatic carbocycles. The number of nitrogens with one attached hydrogen (secondary N) is 1.